The number of carbonyl (C=O) groups excluding carboxylic acids is 1. The van der Waals surface area contributed by atoms with Crippen molar-refractivity contribution in [3.63, 3.8) is 0 Å². The second-order valence-corrected chi connectivity index (χ2v) is 7.07. The van der Waals surface area contributed by atoms with Gasteiger partial charge in [0.25, 0.3) is 0 Å². The van der Waals surface area contributed by atoms with E-state index < -0.39 is 0 Å². The van der Waals surface area contributed by atoms with Crippen LogP contribution in [0.15, 0.2) is 24.7 Å². The average Bonchev–Trinajstić information content (AvgIpc) is 3.29. The Bertz CT molecular complexity index is 761. The van der Waals surface area contributed by atoms with E-state index in [0.29, 0.717) is 6.61 Å². The van der Waals surface area contributed by atoms with Crippen LogP contribution in [-0.2, 0) is 23.6 Å². The summed E-state index contributed by atoms with van der Waals surface area (Å²) in [5, 5.41) is 4.24. The zero-order chi connectivity index (χ0) is 18.1. The number of hydrogen-bond acceptors (Lipinski definition) is 5. The van der Waals surface area contributed by atoms with Crippen molar-refractivity contribution in [1.82, 2.24) is 24.2 Å². The number of hydrogen-bond donors (Lipinski definition) is 0. The minimum atomic E-state index is -0.198. The van der Waals surface area contributed by atoms with Crippen LogP contribution >= 0.6 is 0 Å². The molecule has 1 amide bonds. The Hall–Kier alpha value is -2.35. The number of imidazole rings is 1. The lowest BCUT2D eigenvalue weighted by Gasteiger charge is -2.39. The first-order valence-electron chi connectivity index (χ1n) is 9.25. The third-order valence-electron chi connectivity index (χ3n) is 5.46. The molecule has 26 heavy (non-hydrogen) atoms. The van der Waals surface area contributed by atoms with Crippen LogP contribution in [-0.4, -0.2) is 62.9 Å². The molecule has 2 aliphatic heterocycles. The Morgan fingerprint density at radius 1 is 1.19 bits per heavy atom. The Balaban J connectivity index is 1.44. The number of rotatable bonds is 3. The van der Waals surface area contributed by atoms with Gasteiger partial charge in [-0.2, -0.15) is 5.10 Å². The van der Waals surface area contributed by atoms with E-state index in [-0.39, 0.29) is 17.9 Å². The fourth-order valence-corrected chi connectivity index (χ4v) is 4.01. The monoisotopic (exact) mass is 358 g/mol. The van der Waals surface area contributed by atoms with Crippen LogP contribution in [0.1, 0.15) is 24.6 Å². The summed E-state index contributed by atoms with van der Waals surface area (Å²) < 4.78 is 9.82. The Kier molecular flexibility index (Phi) is 4.67. The molecule has 4 heterocycles. The van der Waals surface area contributed by atoms with Gasteiger partial charge in [0, 0.05) is 65.5 Å². The molecule has 140 valence electrons. The van der Waals surface area contributed by atoms with Crippen LogP contribution < -0.4 is 4.90 Å². The number of aryl methyl sites for hydroxylation is 2. The SMILES string of the molecule is Cn1ccnc1N1CCN(C(=O)[C@@H]2CCCO[C@H]2c2ccnn2C)CC1. The molecule has 8 heteroatoms. The molecule has 8 nitrogen and oxygen atoms in total. The molecule has 2 aromatic heterocycles. The molecule has 0 aliphatic carbocycles. The van der Waals surface area contributed by atoms with E-state index in [4.69, 9.17) is 4.74 Å². The number of anilines is 1. The summed E-state index contributed by atoms with van der Waals surface area (Å²) in [4.78, 5) is 21.8. The number of amides is 1. The predicted molar refractivity (Wildman–Crippen MR) is 96.6 cm³/mol. The van der Waals surface area contributed by atoms with Crippen LogP contribution in [0.3, 0.4) is 0 Å². The topological polar surface area (TPSA) is 68.4 Å². The highest BCUT2D eigenvalue weighted by Gasteiger charge is 2.38. The maximum atomic E-state index is 13.2. The minimum absolute atomic E-state index is 0.126. The smallest absolute Gasteiger partial charge is 0.228 e. The summed E-state index contributed by atoms with van der Waals surface area (Å²) in [6.45, 7) is 3.76. The molecule has 0 N–H and O–H groups in total. The zero-order valence-electron chi connectivity index (χ0n) is 15.4. The summed E-state index contributed by atoms with van der Waals surface area (Å²) in [6, 6.07) is 1.95. The van der Waals surface area contributed by atoms with Crippen LogP contribution in [0.2, 0.25) is 0 Å². The van der Waals surface area contributed by atoms with E-state index in [2.05, 4.69) is 15.0 Å². The Morgan fingerprint density at radius 3 is 2.65 bits per heavy atom. The van der Waals surface area contributed by atoms with Crippen LogP contribution in [0.25, 0.3) is 0 Å². The number of aromatic nitrogens is 4. The van der Waals surface area contributed by atoms with Crippen molar-refractivity contribution in [2.75, 3.05) is 37.7 Å². The van der Waals surface area contributed by atoms with Crippen LogP contribution in [0, 0.1) is 5.92 Å². The lowest BCUT2D eigenvalue weighted by molar-refractivity contribution is -0.146. The molecular formula is C18H26N6O2. The fraction of sp³-hybridized carbons (Fsp3) is 0.611. The molecule has 2 atom stereocenters. The van der Waals surface area contributed by atoms with Gasteiger partial charge in [-0.25, -0.2) is 4.98 Å². The van der Waals surface area contributed by atoms with Crippen LogP contribution in [0.4, 0.5) is 5.95 Å². The molecule has 0 radical (unpaired) electrons. The van der Waals surface area contributed by atoms with Gasteiger partial charge in [0.05, 0.1) is 11.6 Å². The highest BCUT2D eigenvalue weighted by atomic mass is 16.5. The zero-order valence-corrected chi connectivity index (χ0v) is 15.4. The van der Waals surface area contributed by atoms with Gasteiger partial charge in [-0.3, -0.25) is 9.48 Å². The second kappa shape index (κ2) is 7.11. The van der Waals surface area contributed by atoms with Crippen molar-refractivity contribution in [1.29, 1.82) is 0 Å². The second-order valence-electron chi connectivity index (χ2n) is 7.07. The molecular weight excluding hydrogens is 332 g/mol. The molecule has 2 fully saturated rings. The van der Waals surface area contributed by atoms with Crippen molar-refractivity contribution in [2.45, 2.75) is 18.9 Å². The number of piperazine rings is 1. The maximum Gasteiger partial charge on any atom is 0.228 e. The number of nitrogens with zero attached hydrogens (tertiary/aromatic N) is 6. The van der Waals surface area contributed by atoms with Crippen molar-refractivity contribution >= 4 is 11.9 Å². The van der Waals surface area contributed by atoms with E-state index >= 15 is 0 Å². The largest absolute Gasteiger partial charge is 0.371 e. The highest BCUT2D eigenvalue weighted by Crippen LogP contribution is 2.34. The van der Waals surface area contributed by atoms with E-state index in [1.807, 2.05) is 46.7 Å². The molecule has 2 saturated heterocycles. The van der Waals surface area contributed by atoms with Gasteiger partial charge in [0.15, 0.2) is 0 Å². The molecule has 2 aliphatic rings. The third kappa shape index (κ3) is 3.09. The summed E-state index contributed by atoms with van der Waals surface area (Å²) in [6.07, 6.45) is 7.12. The van der Waals surface area contributed by atoms with Gasteiger partial charge in [-0.1, -0.05) is 0 Å². The summed E-state index contributed by atoms with van der Waals surface area (Å²) in [5.74, 6) is 1.04. The van der Waals surface area contributed by atoms with E-state index in [9.17, 15) is 4.79 Å². The fourth-order valence-electron chi connectivity index (χ4n) is 4.01. The van der Waals surface area contributed by atoms with Crippen molar-refractivity contribution in [3.05, 3.63) is 30.4 Å². The highest BCUT2D eigenvalue weighted by molar-refractivity contribution is 5.80. The Morgan fingerprint density at radius 2 is 2.00 bits per heavy atom. The van der Waals surface area contributed by atoms with Crippen molar-refractivity contribution in [3.8, 4) is 0 Å². The van der Waals surface area contributed by atoms with Gasteiger partial charge in [-0.05, 0) is 18.9 Å². The first-order chi connectivity index (χ1) is 12.6. The first-order valence-corrected chi connectivity index (χ1v) is 9.25. The lowest BCUT2D eigenvalue weighted by atomic mass is 9.90. The molecule has 4 rings (SSSR count). The van der Waals surface area contributed by atoms with E-state index in [0.717, 1.165) is 50.7 Å². The quantitative estimate of drug-likeness (QED) is 0.818. The number of ether oxygens (including phenoxy) is 1. The summed E-state index contributed by atoms with van der Waals surface area (Å²) >= 11 is 0. The van der Waals surface area contributed by atoms with Crippen molar-refractivity contribution in [2.24, 2.45) is 20.0 Å². The van der Waals surface area contributed by atoms with E-state index in [1.54, 1.807) is 6.20 Å². The Labute approximate surface area is 153 Å². The van der Waals surface area contributed by atoms with Gasteiger partial charge >= 0.3 is 0 Å². The lowest BCUT2D eigenvalue weighted by Crippen LogP contribution is -2.52. The van der Waals surface area contributed by atoms with Gasteiger partial charge in [-0.15, -0.1) is 0 Å². The maximum absolute atomic E-state index is 13.2. The average molecular weight is 358 g/mol. The first kappa shape index (κ1) is 17.1. The molecule has 0 bridgehead atoms. The number of carbonyl (C=O) groups is 1. The molecule has 0 unspecified atom stereocenters. The predicted octanol–water partition coefficient (Wildman–Crippen LogP) is 0.970. The van der Waals surface area contributed by atoms with E-state index in [1.165, 1.54) is 0 Å². The molecule has 0 spiro atoms. The van der Waals surface area contributed by atoms with Gasteiger partial charge < -0.3 is 19.1 Å². The van der Waals surface area contributed by atoms with Crippen LogP contribution in [0.5, 0.6) is 0 Å². The summed E-state index contributed by atoms with van der Waals surface area (Å²) in [5.41, 5.74) is 0.981. The third-order valence-corrected chi connectivity index (χ3v) is 5.46. The molecule has 0 saturated carbocycles. The summed E-state index contributed by atoms with van der Waals surface area (Å²) in [7, 11) is 3.90. The van der Waals surface area contributed by atoms with Crippen molar-refractivity contribution < 1.29 is 9.53 Å². The normalized spacial score (nSPS) is 24.1. The van der Waals surface area contributed by atoms with Gasteiger partial charge in [0.1, 0.15) is 6.10 Å². The standard InChI is InChI=1S/C18H26N6O2/c1-21-8-7-19-18(21)24-11-9-23(10-12-24)17(25)14-4-3-13-26-16(14)15-5-6-20-22(15)2/h5-8,14,16H,3-4,9-13H2,1-2H3/t14-,16-/m1/s1. The molecule has 2 aromatic rings. The minimum Gasteiger partial charge on any atom is -0.371 e. The van der Waals surface area contributed by atoms with Gasteiger partial charge in [0.2, 0.25) is 11.9 Å². The molecule has 0 aromatic carbocycles.